The number of carbonyl (C=O) groups is 1. The Morgan fingerprint density at radius 1 is 1.18 bits per heavy atom. The predicted octanol–water partition coefficient (Wildman–Crippen LogP) is 2.76. The molecule has 0 saturated carbocycles. The molecule has 0 atom stereocenters. The molecule has 1 aromatic carbocycles. The molecule has 0 radical (unpaired) electrons. The van der Waals surface area contributed by atoms with Crippen LogP contribution in [0.4, 0.5) is 10.9 Å². The van der Waals surface area contributed by atoms with Gasteiger partial charge in [0.2, 0.25) is 5.91 Å². The third-order valence-electron chi connectivity index (χ3n) is 6.06. The molecule has 11 heteroatoms. The smallest absolute Gasteiger partial charge is 0.337 e. The number of aromatic nitrogens is 4. The van der Waals surface area contributed by atoms with Gasteiger partial charge in [0.1, 0.15) is 17.0 Å². The number of hydrogen-bond acceptors (Lipinski definition) is 8. The van der Waals surface area contributed by atoms with Crippen LogP contribution in [0, 0.1) is 20.8 Å². The second kappa shape index (κ2) is 8.56. The number of aryl methyl sites for hydroxylation is 2. The molecule has 1 fully saturated rings. The molecule has 10 nitrogen and oxygen atoms in total. The minimum atomic E-state index is -0.615. The molecule has 0 aliphatic carbocycles. The van der Waals surface area contributed by atoms with Crippen molar-refractivity contribution in [3.63, 3.8) is 0 Å². The first-order valence-corrected chi connectivity index (χ1v) is 11.9. The molecule has 1 aliphatic heterocycles. The quantitative estimate of drug-likeness (QED) is 0.467. The summed E-state index contributed by atoms with van der Waals surface area (Å²) >= 11 is 1.26. The number of amides is 1. The summed E-state index contributed by atoms with van der Waals surface area (Å²) < 4.78 is 7.74. The molecule has 0 bridgehead atoms. The molecule has 34 heavy (non-hydrogen) atoms. The van der Waals surface area contributed by atoms with Crippen molar-refractivity contribution in [2.75, 3.05) is 23.3 Å². The Morgan fingerprint density at radius 3 is 2.65 bits per heavy atom. The standard InChI is InChI=1S/C23H24N6O4S/c1-13-7-6-8-16(15(13)3)29-21(31)19-20(25-22(34-19)27-9-4-5-10-27)28(23(29)32)12-18(30)24-17-11-14(2)33-26-17/h6-8,11H,4-5,9-10,12H2,1-3H3,(H,24,26,30). The van der Waals surface area contributed by atoms with E-state index >= 15 is 0 Å². The number of anilines is 2. The van der Waals surface area contributed by atoms with Crippen LogP contribution >= 0.6 is 11.3 Å². The van der Waals surface area contributed by atoms with E-state index in [9.17, 15) is 14.4 Å². The summed E-state index contributed by atoms with van der Waals surface area (Å²) in [4.78, 5) is 46.8. The lowest BCUT2D eigenvalue weighted by atomic mass is 10.1. The first-order chi connectivity index (χ1) is 16.3. The number of nitrogens with one attached hydrogen (secondary N) is 1. The normalized spacial score (nSPS) is 13.7. The lowest BCUT2D eigenvalue weighted by Gasteiger charge is -2.14. The Bertz CT molecular complexity index is 1520. The maximum absolute atomic E-state index is 13.7. The van der Waals surface area contributed by atoms with Gasteiger partial charge in [-0.05, 0) is 50.8 Å². The van der Waals surface area contributed by atoms with Crippen molar-refractivity contribution in [2.24, 2.45) is 0 Å². The molecule has 1 N–H and O–H groups in total. The van der Waals surface area contributed by atoms with E-state index in [0.29, 0.717) is 21.3 Å². The van der Waals surface area contributed by atoms with E-state index in [1.165, 1.54) is 15.9 Å². The van der Waals surface area contributed by atoms with Gasteiger partial charge in [0.15, 0.2) is 16.6 Å². The van der Waals surface area contributed by atoms with Crippen LogP contribution in [-0.2, 0) is 11.3 Å². The van der Waals surface area contributed by atoms with Crippen LogP contribution < -0.4 is 21.5 Å². The van der Waals surface area contributed by atoms with Crippen molar-refractivity contribution in [1.29, 1.82) is 0 Å². The van der Waals surface area contributed by atoms with Gasteiger partial charge in [0, 0.05) is 19.2 Å². The molecule has 1 aliphatic rings. The van der Waals surface area contributed by atoms with Gasteiger partial charge < -0.3 is 14.7 Å². The number of rotatable bonds is 5. The highest BCUT2D eigenvalue weighted by atomic mass is 32.1. The zero-order valence-corrected chi connectivity index (χ0v) is 19.9. The molecule has 0 spiro atoms. The van der Waals surface area contributed by atoms with Gasteiger partial charge in [-0.25, -0.2) is 14.3 Å². The van der Waals surface area contributed by atoms with Crippen LogP contribution in [0.1, 0.15) is 29.7 Å². The summed E-state index contributed by atoms with van der Waals surface area (Å²) in [6.07, 6.45) is 2.10. The molecule has 5 rings (SSSR count). The number of benzene rings is 1. The molecule has 4 aromatic rings. The number of carbonyl (C=O) groups excluding carboxylic acids is 1. The fraction of sp³-hybridized carbons (Fsp3) is 0.348. The SMILES string of the molecule is Cc1cc(NC(=O)Cn2c(=O)n(-c3cccc(C)c3C)c(=O)c3sc(N4CCCC4)nc32)no1. The molecule has 176 valence electrons. The highest BCUT2D eigenvalue weighted by Gasteiger charge is 2.24. The Hall–Kier alpha value is -3.73. The summed E-state index contributed by atoms with van der Waals surface area (Å²) in [5.41, 5.74) is 1.44. The van der Waals surface area contributed by atoms with E-state index in [1.54, 1.807) is 25.1 Å². The van der Waals surface area contributed by atoms with E-state index in [2.05, 4.69) is 20.4 Å². The fourth-order valence-corrected chi connectivity index (χ4v) is 5.20. The molecule has 3 aromatic heterocycles. The lowest BCUT2D eigenvalue weighted by Crippen LogP contribution is -2.41. The van der Waals surface area contributed by atoms with Crippen LogP contribution in [0.15, 0.2) is 38.4 Å². The summed E-state index contributed by atoms with van der Waals surface area (Å²) in [5.74, 6) is 0.331. The van der Waals surface area contributed by atoms with E-state index in [1.807, 2.05) is 19.9 Å². The van der Waals surface area contributed by atoms with Crippen molar-refractivity contribution in [2.45, 2.75) is 40.2 Å². The Kier molecular flexibility index (Phi) is 5.56. The number of fused-ring (bicyclic) bond motifs is 1. The summed E-state index contributed by atoms with van der Waals surface area (Å²) in [6.45, 7) is 6.88. The highest BCUT2D eigenvalue weighted by molar-refractivity contribution is 7.22. The zero-order valence-electron chi connectivity index (χ0n) is 19.1. The van der Waals surface area contributed by atoms with Crippen LogP contribution in [0.5, 0.6) is 0 Å². The van der Waals surface area contributed by atoms with Crippen LogP contribution in [0.3, 0.4) is 0 Å². The van der Waals surface area contributed by atoms with E-state index < -0.39 is 17.2 Å². The zero-order chi connectivity index (χ0) is 24.0. The predicted molar refractivity (Wildman–Crippen MR) is 130 cm³/mol. The third-order valence-corrected chi connectivity index (χ3v) is 7.16. The fourth-order valence-electron chi connectivity index (χ4n) is 4.15. The van der Waals surface area contributed by atoms with Crippen molar-refractivity contribution >= 4 is 38.5 Å². The van der Waals surface area contributed by atoms with Crippen LogP contribution in [0.25, 0.3) is 16.0 Å². The van der Waals surface area contributed by atoms with Gasteiger partial charge in [0.25, 0.3) is 5.56 Å². The summed E-state index contributed by atoms with van der Waals surface area (Å²) in [5, 5.41) is 7.09. The van der Waals surface area contributed by atoms with Crippen molar-refractivity contribution in [3.8, 4) is 5.69 Å². The molecular weight excluding hydrogens is 456 g/mol. The molecule has 1 saturated heterocycles. The Balaban J connectivity index is 1.68. The minimum absolute atomic E-state index is 0.218. The first-order valence-electron chi connectivity index (χ1n) is 11.0. The van der Waals surface area contributed by atoms with Gasteiger partial charge in [-0.2, -0.15) is 0 Å². The summed E-state index contributed by atoms with van der Waals surface area (Å²) in [7, 11) is 0. The number of hydrogen-bond donors (Lipinski definition) is 1. The minimum Gasteiger partial charge on any atom is -0.360 e. The monoisotopic (exact) mass is 480 g/mol. The van der Waals surface area contributed by atoms with Crippen LogP contribution in [0.2, 0.25) is 0 Å². The van der Waals surface area contributed by atoms with Gasteiger partial charge in [0.05, 0.1) is 5.69 Å². The molecular formula is C23H24N6O4S. The number of thiazole rings is 1. The highest BCUT2D eigenvalue weighted by Crippen LogP contribution is 2.29. The Morgan fingerprint density at radius 2 is 1.94 bits per heavy atom. The van der Waals surface area contributed by atoms with E-state index in [4.69, 9.17) is 4.52 Å². The third kappa shape index (κ3) is 3.81. The van der Waals surface area contributed by atoms with Gasteiger partial charge in [-0.1, -0.05) is 28.6 Å². The molecule has 4 heterocycles. The second-order valence-corrected chi connectivity index (χ2v) is 9.42. The average Bonchev–Trinajstić information content (AvgIpc) is 3.55. The summed E-state index contributed by atoms with van der Waals surface area (Å²) in [6, 6.07) is 7.05. The van der Waals surface area contributed by atoms with Crippen molar-refractivity contribution in [3.05, 3.63) is 62.0 Å². The van der Waals surface area contributed by atoms with E-state index in [-0.39, 0.29) is 18.0 Å². The van der Waals surface area contributed by atoms with Gasteiger partial charge in [-0.15, -0.1) is 0 Å². The van der Waals surface area contributed by atoms with Gasteiger partial charge >= 0.3 is 5.69 Å². The average molecular weight is 481 g/mol. The van der Waals surface area contributed by atoms with Crippen LogP contribution in [-0.4, -0.2) is 38.3 Å². The van der Waals surface area contributed by atoms with Crippen molar-refractivity contribution < 1.29 is 9.32 Å². The number of nitrogens with zero attached hydrogens (tertiary/aromatic N) is 5. The second-order valence-electron chi connectivity index (χ2n) is 8.44. The topological polar surface area (TPSA) is 115 Å². The molecule has 1 amide bonds. The first kappa shape index (κ1) is 22.1. The lowest BCUT2D eigenvalue weighted by molar-refractivity contribution is -0.116. The van der Waals surface area contributed by atoms with Crippen molar-refractivity contribution in [1.82, 2.24) is 19.3 Å². The van der Waals surface area contributed by atoms with Gasteiger partial charge in [-0.3, -0.25) is 14.2 Å². The largest absolute Gasteiger partial charge is 0.360 e. The Labute approximate surface area is 198 Å². The maximum Gasteiger partial charge on any atom is 0.337 e. The molecule has 0 unspecified atom stereocenters. The maximum atomic E-state index is 13.7. The van der Waals surface area contributed by atoms with E-state index in [0.717, 1.165) is 41.6 Å².